The lowest BCUT2D eigenvalue weighted by Crippen LogP contribution is -2.38. The van der Waals surface area contributed by atoms with Crippen molar-refractivity contribution >= 4 is 33.4 Å². The van der Waals surface area contributed by atoms with Crippen molar-refractivity contribution in [2.24, 2.45) is 0 Å². The Labute approximate surface area is 132 Å². The van der Waals surface area contributed by atoms with Gasteiger partial charge in [-0.3, -0.25) is 9.69 Å². The first-order valence-corrected chi connectivity index (χ1v) is 7.87. The lowest BCUT2D eigenvalue weighted by molar-refractivity contribution is 0.0374. The molecule has 0 radical (unpaired) electrons. The zero-order valence-electron chi connectivity index (χ0n) is 11.2. The van der Waals surface area contributed by atoms with Crippen molar-refractivity contribution in [3.05, 3.63) is 33.3 Å². The fraction of sp³-hybridized carbons (Fsp3) is 0.500. The third-order valence-corrected chi connectivity index (χ3v) is 4.04. The van der Waals surface area contributed by atoms with E-state index in [0.29, 0.717) is 17.1 Å². The summed E-state index contributed by atoms with van der Waals surface area (Å²) in [6, 6.07) is 5.27. The highest BCUT2D eigenvalue weighted by Crippen LogP contribution is 2.20. The Balaban J connectivity index is 1.73. The number of nitrogens with one attached hydrogen (secondary N) is 1. The number of carbonyl (C=O) groups is 1. The van der Waals surface area contributed by atoms with Gasteiger partial charge in [0.2, 0.25) is 0 Å². The van der Waals surface area contributed by atoms with Crippen molar-refractivity contribution in [1.29, 1.82) is 0 Å². The van der Waals surface area contributed by atoms with Gasteiger partial charge in [-0.25, -0.2) is 0 Å². The largest absolute Gasteiger partial charge is 0.379 e. The van der Waals surface area contributed by atoms with Crippen LogP contribution >= 0.6 is 27.5 Å². The normalized spacial score (nSPS) is 16.1. The minimum absolute atomic E-state index is 0.127. The topological polar surface area (TPSA) is 41.6 Å². The summed E-state index contributed by atoms with van der Waals surface area (Å²) in [6.07, 6.45) is 0.928. The molecule has 1 fully saturated rings. The second-order valence-electron chi connectivity index (χ2n) is 4.69. The highest BCUT2D eigenvalue weighted by molar-refractivity contribution is 9.10. The summed E-state index contributed by atoms with van der Waals surface area (Å²) in [6.45, 7) is 5.20. The van der Waals surface area contributed by atoms with Crippen molar-refractivity contribution in [3.63, 3.8) is 0 Å². The number of halogens is 2. The van der Waals surface area contributed by atoms with Crippen LogP contribution in [-0.2, 0) is 4.74 Å². The van der Waals surface area contributed by atoms with Crippen molar-refractivity contribution in [3.8, 4) is 0 Å². The molecule has 1 saturated heterocycles. The van der Waals surface area contributed by atoms with E-state index in [-0.39, 0.29) is 5.91 Å². The molecule has 0 aromatic heterocycles. The number of morpholine rings is 1. The maximum atomic E-state index is 12.0. The molecule has 0 bridgehead atoms. The molecule has 110 valence electrons. The molecule has 6 heteroatoms. The summed E-state index contributed by atoms with van der Waals surface area (Å²) in [4.78, 5) is 14.4. The van der Waals surface area contributed by atoms with Gasteiger partial charge in [-0.2, -0.15) is 0 Å². The summed E-state index contributed by atoms with van der Waals surface area (Å²) in [7, 11) is 0. The molecule has 4 nitrogen and oxygen atoms in total. The number of amides is 1. The minimum atomic E-state index is -0.127. The van der Waals surface area contributed by atoms with Crippen LogP contribution in [-0.4, -0.2) is 50.2 Å². The fourth-order valence-electron chi connectivity index (χ4n) is 2.10. The van der Waals surface area contributed by atoms with Crippen LogP contribution in [0.25, 0.3) is 0 Å². The molecule has 0 spiro atoms. The van der Waals surface area contributed by atoms with Crippen molar-refractivity contribution in [1.82, 2.24) is 10.2 Å². The predicted octanol–water partition coefficient (Wildman–Crippen LogP) is 2.55. The molecule has 1 N–H and O–H groups in total. The Bertz CT molecular complexity index is 464. The number of ether oxygens (including phenoxy) is 1. The van der Waals surface area contributed by atoms with E-state index in [1.807, 2.05) is 6.07 Å². The maximum absolute atomic E-state index is 12.0. The highest BCUT2D eigenvalue weighted by atomic mass is 79.9. The quantitative estimate of drug-likeness (QED) is 0.820. The summed E-state index contributed by atoms with van der Waals surface area (Å²) in [5, 5.41) is 3.38. The average molecular weight is 362 g/mol. The molecule has 1 aromatic carbocycles. The molecule has 0 unspecified atom stereocenters. The molecular weight excluding hydrogens is 344 g/mol. The van der Waals surface area contributed by atoms with Gasteiger partial charge in [0.15, 0.2) is 0 Å². The van der Waals surface area contributed by atoms with Gasteiger partial charge in [0.1, 0.15) is 0 Å². The molecule has 0 aliphatic carbocycles. The van der Waals surface area contributed by atoms with Gasteiger partial charge < -0.3 is 10.1 Å². The Morgan fingerprint density at radius 2 is 2.15 bits per heavy atom. The Kier molecular flexibility index (Phi) is 6.29. The Morgan fingerprint density at radius 1 is 1.40 bits per heavy atom. The molecular formula is C14H18BrClN2O2. The van der Waals surface area contributed by atoms with E-state index in [1.54, 1.807) is 12.1 Å². The van der Waals surface area contributed by atoms with Crippen molar-refractivity contribution < 1.29 is 9.53 Å². The molecule has 1 amide bonds. The van der Waals surface area contributed by atoms with Crippen LogP contribution in [0.1, 0.15) is 16.8 Å². The number of rotatable bonds is 5. The molecule has 1 aliphatic heterocycles. The lowest BCUT2D eigenvalue weighted by Gasteiger charge is -2.26. The smallest absolute Gasteiger partial charge is 0.252 e. The van der Waals surface area contributed by atoms with E-state index < -0.39 is 0 Å². The van der Waals surface area contributed by atoms with E-state index in [4.69, 9.17) is 16.3 Å². The van der Waals surface area contributed by atoms with Gasteiger partial charge in [0.25, 0.3) is 5.91 Å². The monoisotopic (exact) mass is 360 g/mol. The molecule has 1 heterocycles. The average Bonchev–Trinajstić information content (AvgIpc) is 2.47. The van der Waals surface area contributed by atoms with E-state index >= 15 is 0 Å². The fourth-order valence-corrected chi connectivity index (χ4v) is 2.66. The first-order chi connectivity index (χ1) is 9.66. The number of carbonyl (C=O) groups excluding carboxylic acids is 1. The molecule has 1 aliphatic rings. The summed E-state index contributed by atoms with van der Waals surface area (Å²) >= 11 is 9.36. The van der Waals surface area contributed by atoms with Gasteiger partial charge >= 0.3 is 0 Å². The zero-order valence-corrected chi connectivity index (χ0v) is 13.5. The molecule has 2 rings (SSSR count). The van der Waals surface area contributed by atoms with E-state index in [9.17, 15) is 4.79 Å². The first-order valence-electron chi connectivity index (χ1n) is 6.70. The molecule has 20 heavy (non-hydrogen) atoms. The van der Waals surface area contributed by atoms with Gasteiger partial charge in [0.05, 0.1) is 23.8 Å². The van der Waals surface area contributed by atoms with Crippen LogP contribution in [0.4, 0.5) is 0 Å². The molecule has 0 atom stereocenters. The van der Waals surface area contributed by atoms with Crippen LogP contribution in [0.3, 0.4) is 0 Å². The number of hydrogen-bond acceptors (Lipinski definition) is 3. The van der Waals surface area contributed by atoms with Crippen LogP contribution in [0, 0.1) is 0 Å². The van der Waals surface area contributed by atoms with Crippen molar-refractivity contribution in [2.45, 2.75) is 6.42 Å². The van der Waals surface area contributed by atoms with Crippen LogP contribution in [0.2, 0.25) is 5.02 Å². The standard InChI is InChI=1S/C14H18BrClN2O2/c15-11-2-3-13(16)12(10-11)14(19)17-4-1-5-18-6-8-20-9-7-18/h2-3,10H,1,4-9H2,(H,17,19). The lowest BCUT2D eigenvalue weighted by atomic mass is 10.2. The third-order valence-electron chi connectivity index (χ3n) is 3.21. The highest BCUT2D eigenvalue weighted by Gasteiger charge is 2.12. The van der Waals surface area contributed by atoms with Crippen LogP contribution in [0.5, 0.6) is 0 Å². The summed E-state index contributed by atoms with van der Waals surface area (Å²) < 4.78 is 6.14. The maximum Gasteiger partial charge on any atom is 0.252 e. The third kappa shape index (κ3) is 4.74. The minimum Gasteiger partial charge on any atom is -0.379 e. The van der Waals surface area contributed by atoms with Crippen LogP contribution < -0.4 is 5.32 Å². The van der Waals surface area contributed by atoms with Gasteiger partial charge in [0, 0.05) is 24.1 Å². The number of benzene rings is 1. The SMILES string of the molecule is O=C(NCCCN1CCOCC1)c1cc(Br)ccc1Cl. The Hall–Kier alpha value is -0.620. The predicted molar refractivity (Wildman–Crippen MR) is 83.4 cm³/mol. The van der Waals surface area contributed by atoms with E-state index in [2.05, 4.69) is 26.1 Å². The van der Waals surface area contributed by atoms with Gasteiger partial charge in [-0.05, 0) is 31.2 Å². The van der Waals surface area contributed by atoms with Gasteiger partial charge in [-0.1, -0.05) is 27.5 Å². The first kappa shape index (κ1) is 15.8. The summed E-state index contributed by atoms with van der Waals surface area (Å²) in [5.41, 5.74) is 0.507. The number of nitrogens with zero attached hydrogens (tertiary/aromatic N) is 1. The number of hydrogen-bond donors (Lipinski definition) is 1. The molecule has 0 saturated carbocycles. The second kappa shape index (κ2) is 7.98. The second-order valence-corrected chi connectivity index (χ2v) is 6.01. The van der Waals surface area contributed by atoms with Crippen LogP contribution in [0.15, 0.2) is 22.7 Å². The van der Waals surface area contributed by atoms with E-state index in [0.717, 1.165) is 43.7 Å². The van der Waals surface area contributed by atoms with Crippen molar-refractivity contribution in [2.75, 3.05) is 39.4 Å². The Morgan fingerprint density at radius 3 is 2.90 bits per heavy atom. The van der Waals surface area contributed by atoms with E-state index in [1.165, 1.54) is 0 Å². The van der Waals surface area contributed by atoms with Gasteiger partial charge in [-0.15, -0.1) is 0 Å². The molecule has 1 aromatic rings. The summed E-state index contributed by atoms with van der Waals surface area (Å²) in [5.74, 6) is -0.127. The zero-order chi connectivity index (χ0) is 14.4.